The molecule has 7 nitrogen and oxygen atoms in total. The van der Waals surface area contributed by atoms with Crippen molar-refractivity contribution < 1.29 is 29.3 Å². The molecular weight excluding hydrogens is 410 g/mol. The van der Waals surface area contributed by atoms with E-state index in [1.54, 1.807) is 60.7 Å². The number of aromatic carboxylic acids is 1. The number of ketones is 1. The maximum absolute atomic E-state index is 13.1. The number of anilines is 1. The predicted molar refractivity (Wildman–Crippen MR) is 118 cm³/mol. The van der Waals surface area contributed by atoms with Crippen LogP contribution in [0.5, 0.6) is 5.75 Å². The molecule has 2 N–H and O–H groups in total. The lowest BCUT2D eigenvalue weighted by Crippen LogP contribution is -2.29. The lowest BCUT2D eigenvalue weighted by atomic mass is 9.95. The Morgan fingerprint density at radius 2 is 1.56 bits per heavy atom. The number of methoxy groups -OCH3 is 1. The number of carboxylic acid groups (broad SMARTS) is 1. The molecule has 3 aromatic rings. The fraction of sp³-hybridized carbons (Fsp3) is 0.0800. The van der Waals surface area contributed by atoms with Crippen molar-refractivity contribution in [3.8, 4) is 5.75 Å². The Morgan fingerprint density at radius 1 is 0.875 bits per heavy atom. The first-order valence-electron chi connectivity index (χ1n) is 9.76. The van der Waals surface area contributed by atoms with E-state index in [4.69, 9.17) is 4.74 Å². The monoisotopic (exact) mass is 429 g/mol. The van der Waals surface area contributed by atoms with E-state index in [1.807, 2.05) is 0 Å². The van der Waals surface area contributed by atoms with Gasteiger partial charge in [-0.3, -0.25) is 14.5 Å². The van der Waals surface area contributed by atoms with Gasteiger partial charge in [-0.15, -0.1) is 0 Å². The first-order valence-corrected chi connectivity index (χ1v) is 9.76. The summed E-state index contributed by atoms with van der Waals surface area (Å²) in [6, 6.07) is 20.1. The highest BCUT2D eigenvalue weighted by molar-refractivity contribution is 6.51. The van der Waals surface area contributed by atoms with Gasteiger partial charge in [0.2, 0.25) is 0 Å². The minimum Gasteiger partial charge on any atom is -0.507 e. The van der Waals surface area contributed by atoms with Gasteiger partial charge in [-0.05, 0) is 48.0 Å². The molecule has 1 unspecified atom stereocenters. The first-order chi connectivity index (χ1) is 15.4. The summed E-state index contributed by atoms with van der Waals surface area (Å²) in [5.74, 6) is -2.61. The highest BCUT2D eigenvalue weighted by Crippen LogP contribution is 2.42. The normalized spacial score (nSPS) is 17.4. The molecule has 0 aliphatic carbocycles. The van der Waals surface area contributed by atoms with Gasteiger partial charge < -0.3 is 14.9 Å². The molecular formula is C25H19NO6. The van der Waals surface area contributed by atoms with E-state index >= 15 is 0 Å². The molecule has 0 bridgehead atoms. The summed E-state index contributed by atoms with van der Waals surface area (Å²) in [6.07, 6.45) is 0. The zero-order valence-electron chi connectivity index (χ0n) is 17.1. The third kappa shape index (κ3) is 3.60. The number of ether oxygens (including phenoxy) is 1. The van der Waals surface area contributed by atoms with Gasteiger partial charge in [-0.25, -0.2) is 4.79 Å². The van der Waals surface area contributed by atoms with Crippen LogP contribution in [0, 0.1) is 0 Å². The number of benzene rings is 3. The molecule has 0 saturated carbocycles. The Kier molecular flexibility index (Phi) is 5.47. The van der Waals surface area contributed by atoms with Crippen LogP contribution in [-0.4, -0.2) is 35.0 Å². The van der Waals surface area contributed by atoms with Crippen molar-refractivity contribution in [2.45, 2.75) is 6.04 Å². The van der Waals surface area contributed by atoms with E-state index in [2.05, 4.69) is 0 Å². The third-order valence-corrected chi connectivity index (χ3v) is 5.29. The van der Waals surface area contributed by atoms with Crippen LogP contribution in [0.1, 0.15) is 27.5 Å². The first kappa shape index (κ1) is 20.9. The number of Topliss-reactive ketones (excluding diaryl/α,β-unsaturated/α-hetero) is 1. The number of aliphatic hydroxyl groups excluding tert-OH is 1. The molecule has 32 heavy (non-hydrogen) atoms. The summed E-state index contributed by atoms with van der Waals surface area (Å²) in [5, 5.41) is 20.4. The van der Waals surface area contributed by atoms with Crippen LogP contribution in [0.2, 0.25) is 0 Å². The van der Waals surface area contributed by atoms with Crippen molar-refractivity contribution in [2.24, 2.45) is 0 Å². The van der Waals surface area contributed by atoms with E-state index in [0.717, 1.165) is 0 Å². The number of amides is 1. The summed E-state index contributed by atoms with van der Waals surface area (Å²) < 4.78 is 5.13. The number of carboxylic acids is 1. The van der Waals surface area contributed by atoms with E-state index in [1.165, 1.54) is 30.2 Å². The summed E-state index contributed by atoms with van der Waals surface area (Å²) >= 11 is 0. The van der Waals surface area contributed by atoms with Gasteiger partial charge in [0, 0.05) is 11.3 Å². The van der Waals surface area contributed by atoms with Crippen LogP contribution >= 0.6 is 0 Å². The second kappa shape index (κ2) is 8.39. The summed E-state index contributed by atoms with van der Waals surface area (Å²) in [7, 11) is 1.51. The van der Waals surface area contributed by atoms with Crippen molar-refractivity contribution in [1.82, 2.24) is 0 Å². The molecule has 1 aliphatic heterocycles. The molecule has 1 heterocycles. The molecule has 4 rings (SSSR count). The van der Waals surface area contributed by atoms with Crippen LogP contribution in [0.4, 0.5) is 5.69 Å². The molecule has 1 fully saturated rings. The van der Waals surface area contributed by atoms with Gasteiger partial charge in [0.1, 0.15) is 11.5 Å². The van der Waals surface area contributed by atoms with Gasteiger partial charge >= 0.3 is 5.97 Å². The van der Waals surface area contributed by atoms with Crippen LogP contribution in [0.25, 0.3) is 5.76 Å². The summed E-state index contributed by atoms with van der Waals surface area (Å²) in [5.41, 5.74) is 1.10. The molecule has 0 aromatic heterocycles. The van der Waals surface area contributed by atoms with Crippen molar-refractivity contribution in [3.05, 3.63) is 101 Å². The fourth-order valence-corrected chi connectivity index (χ4v) is 3.74. The van der Waals surface area contributed by atoms with Crippen LogP contribution in [0.15, 0.2) is 84.4 Å². The summed E-state index contributed by atoms with van der Waals surface area (Å²) in [6.45, 7) is 0. The van der Waals surface area contributed by atoms with E-state index in [9.17, 15) is 24.6 Å². The smallest absolute Gasteiger partial charge is 0.335 e. The van der Waals surface area contributed by atoms with Gasteiger partial charge in [-0.2, -0.15) is 0 Å². The second-order valence-electron chi connectivity index (χ2n) is 7.16. The summed E-state index contributed by atoms with van der Waals surface area (Å²) in [4.78, 5) is 38.8. The van der Waals surface area contributed by atoms with E-state index in [0.29, 0.717) is 16.9 Å². The van der Waals surface area contributed by atoms with Gasteiger partial charge in [0.05, 0.1) is 24.3 Å². The predicted octanol–water partition coefficient (Wildman–Crippen LogP) is 4.02. The second-order valence-corrected chi connectivity index (χ2v) is 7.16. The average molecular weight is 429 g/mol. The lowest BCUT2D eigenvalue weighted by molar-refractivity contribution is -0.132. The van der Waals surface area contributed by atoms with Crippen molar-refractivity contribution >= 4 is 29.1 Å². The number of rotatable bonds is 5. The molecule has 1 saturated heterocycles. The molecule has 1 atom stereocenters. The third-order valence-electron chi connectivity index (χ3n) is 5.29. The zero-order valence-corrected chi connectivity index (χ0v) is 17.1. The van der Waals surface area contributed by atoms with Crippen molar-refractivity contribution in [2.75, 3.05) is 12.0 Å². The van der Waals surface area contributed by atoms with E-state index < -0.39 is 23.7 Å². The number of nitrogens with zero attached hydrogens (tertiary/aromatic N) is 1. The van der Waals surface area contributed by atoms with E-state index in [-0.39, 0.29) is 22.6 Å². The molecule has 160 valence electrons. The van der Waals surface area contributed by atoms with Crippen LogP contribution in [-0.2, 0) is 9.59 Å². The molecule has 7 heteroatoms. The van der Waals surface area contributed by atoms with Crippen LogP contribution < -0.4 is 9.64 Å². The van der Waals surface area contributed by atoms with Crippen molar-refractivity contribution in [1.29, 1.82) is 0 Å². The minimum absolute atomic E-state index is 0.0219. The molecule has 3 aromatic carbocycles. The Labute approximate surface area is 183 Å². The standard InChI is InChI=1S/C25H19NO6/c1-32-19-12-10-16(11-13-19)22(27)20-21(15-6-3-2-4-7-15)26(24(29)23(20)28)18-9-5-8-17(14-18)25(30)31/h2-14,21,27H,1H3,(H,30,31)/b22-20+. The quantitative estimate of drug-likeness (QED) is 0.361. The number of aliphatic hydroxyl groups is 1. The molecule has 1 amide bonds. The SMILES string of the molecule is COc1ccc(/C(O)=C2\C(=O)C(=O)N(c3cccc(C(=O)O)c3)C2c2ccccc2)cc1. The lowest BCUT2D eigenvalue weighted by Gasteiger charge is -2.25. The highest BCUT2D eigenvalue weighted by Gasteiger charge is 2.47. The number of carbonyl (C=O) groups is 3. The Bertz CT molecular complexity index is 1230. The molecule has 0 radical (unpaired) electrons. The Balaban J connectivity index is 1.92. The number of hydrogen-bond donors (Lipinski definition) is 2. The number of carbonyl (C=O) groups excluding carboxylic acids is 2. The Hall–Kier alpha value is -4.39. The Morgan fingerprint density at radius 3 is 2.19 bits per heavy atom. The van der Waals surface area contributed by atoms with Gasteiger partial charge in [0.15, 0.2) is 0 Å². The fourth-order valence-electron chi connectivity index (χ4n) is 3.74. The minimum atomic E-state index is -1.15. The van der Waals surface area contributed by atoms with Gasteiger partial charge in [0.25, 0.3) is 11.7 Å². The van der Waals surface area contributed by atoms with Gasteiger partial charge in [-0.1, -0.05) is 36.4 Å². The maximum Gasteiger partial charge on any atom is 0.335 e. The average Bonchev–Trinajstić information content (AvgIpc) is 3.09. The molecule has 1 aliphatic rings. The zero-order chi connectivity index (χ0) is 22.8. The number of hydrogen-bond acceptors (Lipinski definition) is 5. The molecule has 0 spiro atoms. The van der Waals surface area contributed by atoms with Crippen LogP contribution in [0.3, 0.4) is 0 Å². The topological polar surface area (TPSA) is 104 Å². The highest BCUT2D eigenvalue weighted by atomic mass is 16.5. The maximum atomic E-state index is 13.1. The largest absolute Gasteiger partial charge is 0.507 e. The van der Waals surface area contributed by atoms with Crippen molar-refractivity contribution in [3.63, 3.8) is 0 Å².